The van der Waals surface area contributed by atoms with Gasteiger partial charge in [0.2, 0.25) is 20.8 Å². The van der Waals surface area contributed by atoms with Crippen molar-refractivity contribution in [3.8, 4) is 5.75 Å². The number of nitrogens with zero attached hydrogens (tertiary/aromatic N) is 5. The van der Waals surface area contributed by atoms with Crippen LogP contribution in [-0.2, 0) is 16.9 Å². The Labute approximate surface area is 241 Å². The molecule has 0 atom stereocenters. The first-order chi connectivity index (χ1) is 19.0. The van der Waals surface area contributed by atoms with E-state index in [-0.39, 0.29) is 22.0 Å². The molecule has 0 bridgehead atoms. The van der Waals surface area contributed by atoms with E-state index in [0.29, 0.717) is 17.6 Å². The molecule has 40 heavy (non-hydrogen) atoms. The first-order valence-electron chi connectivity index (χ1n) is 13.8. The molecule has 10 nitrogen and oxygen atoms in total. The van der Waals surface area contributed by atoms with E-state index in [2.05, 4.69) is 56.7 Å². The Bertz CT molecular complexity index is 1480. The third-order valence-electron chi connectivity index (χ3n) is 7.80. The van der Waals surface area contributed by atoms with Crippen molar-refractivity contribution in [3.05, 3.63) is 40.7 Å². The number of ether oxygens (including phenoxy) is 1. The predicted molar refractivity (Wildman–Crippen MR) is 158 cm³/mol. The highest BCUT2D eigenvalue weighted by molar-refractivity contribution is 7.92. The molecule has 1 saturated heterocycles. The van der Waals surface area contributed by atoms with Gasteiger partial charge in [-0.25, -0.2) is 13.4 Å². The molecule has 1 aliphatic carbocycles. The maximum absolute atomic E-state index is 12.9. The molecule has 1 aromatic carbocycles. The number of aromatic nitrogens is 4. The monoisotopic (exact) mass is 587 g/mol. The fourth-order valence-electron chi connectivity index (χ4n) is 5.08. The molecule has 2 aromatic heterocycles. The lowest BCUT2D eigenvalue weighted by Crippen LogP contribution is -2.29. The van der Waals surface area contributed by atoms with Gasteiger partial charge in [0.25, 0.3) is 0 Å². The minimum Gasteiger partial charge on any atom is -0.488 e. The zero-order chi connectivity index (χ0) is 28.6. The third-order valence-corrected chi connectivity index (χ3v) is 10.2. The smallest absolute Gasteiger partial charge is 0.229 e. The molecular weight excluding hydrogens is 550 g/mol. The summed E-state index contributed by atoms with van der Waals surface area (Å²) >= 11 is 6.43. The van der Waals surface area contributed by atoms with E-state index >= 15 is 0 Å². The molecule has 0 amide bonds. The number of piperidine rings is 1. The number of nitrogens with one attached hydrogen (secondary N) is 2. The highest BCUT2D eigenvalue weighted by atomic mass is 35.5. The summed E-state index contributed by atoms with van der Waals surface area (Å²) in [6.45, 7) is 7.57. The minimum atomic E-state index is -3.63. The molecule has 0 unspecified atom stereocenters. The first-order valence-corrected chi connectivity index (χ1v) is 15.8. The van der Waals surface area contributed by atoms with Gasteiger partial charge in [0.15, 0.2) is 5.82 Å². The maximum Gasteiger partial charge on any atom is 0.229 e. The van der Waals surface area contributed by atoms with Crippen molar-refractivity contribution >= 4 is 44.6 Å². The Morgan fingerprint density at radius 1 is 1.07 bits per heavy atom. The van der Waals surface area contributed by atoms with Crippen molar-refractivity contribution in [1.29, 1.82) is 0 Å². The summed E-state index contributed by atoms with van der Waals surface area (Å²) in [6.07, 6.45) is 8.83. The molecule has 2 N–H and O–H groups in total. The second-order valence-electron chi connectivity index (χ2n) is 11.2. The Kier molecular flexibility index (Phi) is 8.26. The molecule has 12 heteroatoms. The van der Waals surface area contributed by atoms with Gasteiger partial charge in [0, 0.05) is 13.2 Å². The highest BCUT2D eigenvalue weighted by Crippen LogP contribution is 2.39. The standard InChI is InChI=1S/C28H38ClN7O3S/c1-17(2)40(37,38)27-24(16-36(5)34-27)31-26-22(29)15-30-28(33-26)32-23-13-18(3)21(19-9-11-35(4)12-10-19)14-25(23)39-20-7-6-8-20/h13-17,19-20H,6-12H2,1-5H3,(H2,30,31,32,33). The molecule has 1 aliphatic heterocycles. The topological polar surface area (TPSA) is 114 Å². The van der Waals surface area contributed by atoms with Crippen molar-refractivity contribution in [3.63, 3.8) is 0 Å². The first kappa shape index (κ1) is 28.6. The van der Waals surface area contributed by atoms with Gasteiger partial charge in [-0.05, 0) is 102 Å². The number of benzene rings is 1. The zero-order valence-electron chi connectivity index (χ0n) is 23.7. The molecule has 0 spiro atoms. The van der Waals surface area contributed by atoms with Crippen LogP contribution in [0.5, 0.6) is 5.75 Å². The molecule has 1 saturated carbocycles. The normalized spacial score (nSPS) is 17.2. The van der Waals surface area contributed by atoms with Crippen LogP contribution in [0.4, 0.5) is 23.1 Å². The van der Waals surface area contributed by atoms with E-state index in [9.17, 15) is 8.42 Å². The van der Waals surface area contributed by atoms with Gasteiger partial charge in [-0.3, -0.25) is 4.68 Å². The van der Waals surface area contributed by atoms with Crippen LogP contribution in [0.1, 0.15) is 63.0 Å². The summed E-state index contributed by atoms with van der Waals surface area (Å²) in [5.41, 5.74) is 3.63. The molecule has 2 fully saturated rings. The number of rotatable bonds is 9. The predicted octanol–water partition coefficient (Wildman–Crippen LogP) is 5.58. The van der Waals surface area contributed by atoms with E-state index in [1.54, 1.807) is 27.1 Å². The lowest BCUT2D eigenvalue weighted by atomic mass is 9.86. The van der Waals surface area contributed by atoms with Crippen molar-refractivity contribution in [1.82, 2.24) is 24.6 Å². The quantitative estimate of drug-likeness (QED) is 0.331. The van der Waals surface area contributed by atoms with Gasteiger partial charge in [0.1, 0.15) is 10.8 Å². The third kappa shape index (κ3) is 6.06. The Morgan fingerprint density at radius 2 is 1.80 bits per heavy atom. The van der Waals surface area contributed by atoms with Crippen LogP contribution in [0.3, 0.4) is 0 Å². The maximum atomic E-state index is 12.9. The number of likely N-dealkylation sites (tertiary alicyclic amines) is 1. The lowest BCUT2D eigenvalue weighted by molar-refractivity contribution is 0.121. The van der Waals surface area contributed by atoms with Crippen LogP contribution < -0.4 is 15.4 Å². The molecular formula is C28H38ClN7O3S. The molecule has 216 valence electrons. The van der Waals surface area contributed by atoms with Crippen LogP contribution in [0, 0.1) is 6.92 Å². The van der Waals surface area contributed by atoms with Crippen LogP contribution in [0.15, 0.2) is 29.6 Å². The Balaban J connectivity index is 1.44. The summed E-state index contributed by atoms with van der Waals surface area (Å²) in [5.74, 6) is 1.89. The zero-order valence-corrected chi connectivity index (χ0v) is 25.3. The summed E-state index contributed by atoms with van der Waals surface area (Å²) in [6, 6.07) is 4.31. The Morgan fingerprint density at radius 3 is 2.45 bits per heavy atom. The van der Waals surface area contributed by atoms with Gasteiger partial charge < -0.3 is 20.3 Å². The summed E-state index contributed by atoms with van der Waals surface area (Å²) in [5, 5.41) is 10.1. The molecule has 5 rings (SSSR count). The van der Waals surface area contributed by atoms with E-state index < -0.39 is 15.1 Å². The van der Waals surface area contributed by atoms with Gasteiger partial charge in [0.05, 0.1) is 28.9 Å². The summed E-state index contributed by atoms with van der Waals surface area (Å²) in [4.78, 5) is 11.4. The summed E-state index contributed by atoms with van der Waals surface area (Å²) in [7, 11) is 0.213. The van der Waals surface area contributed by atoms with Crippen molar-refractivity contribution in [2.45, 2.75) is 75.2 Å². The lowest BCUT2D eigenvalue weighted by Gasteiger charge is -2.32. The van der Waals surface area contributed by atoms with Crippen LogP contribution >= 0.6 is 11.6 Å². The van der Waals surface area contributed by atoms with Crippen molar-refractivity contribution < 1.29 is 13.2 Å². The number of aryl methyl sites for hydroxylation is 2. The second kappa shape index (κ2) is 11.5. The number of sulfone groups is 1. The number of hydrogen-bond donors (Lipinski definition) is 2. The van der Waals surface area contributed by atoms with Crippen molar-refractivity contribution in [2.24, 2.45) is 7.05 Å². The number of hydrogen-bond acceptors (Lipinski definition) is 9. The fraction of sp³-hybridized carbons (Fsp3) is 0.536. The molecule has 2 aliphatic rings. The van der Waals surface area contributed by atoms with Crippen LogP contribution in [-0.4, -0.2) is 64.6 Å². The number of anilines is 4. The van der Waals surface area contributed by atoms with Gasteiger partial charge in [-0.15, -0.1) is 0 Å². The number of halogens is 1. The largest absolute Gasteiger partial charge is 0.488 e. The SMILES string of the molecule is Cc1cc(Nc2ncc(Cl)c(Nc3cn(C)nc3S(=O)(=O)C(C)C)n2)c(OC2CCC2)cc1C1CCN(C)CC1. The van der Waals surface area contributed by atoms with Crippen molar-refractivity contribution in [2.75, 3.05) is 30.8 Å². The van der Waals surface area contributed by atoms with Gasteiger partial charge in [-0.2, -0.15) is 10.1 Å². The minimum absolute atomic E-state index is 0.0505. The summed E-state index contributed by atoms with van der Waals surface area (Å²) < 4.78 is 33.7. The van der Waals surface area contributed by atoms with Gasteiger partial charge in [-0.1, -0.05) is 11.6 Å². The fourth-order valence-corrected chi connectivity index (χ4v) is 6.31. The molecule has 0 radical (unpaired) electrons. The van der Waals surface area contributed by atoms with E-state index in [1.807, 2.05) is 0 Å². The Hall–Kier alpha value is -2.89. The molecule has 3 heterocycles. The van der Waals surface area contributed by atoms with Crippen LogP contribution in [0.2, 0.25) is 5.02 Å². The average Bonchev–Trinajstić information content (AvgIpc) is 3.25. The highest BCUT2D eigenvalue weighted by Gasteiger charge is 2.28. The molecule has 3 aromatic rings. The van der Waals surface area contributed by atoms with E-state index in [0.717, 1.165) is 50.2 Å². The van der Waals surface area contributed by atoms with Crippen LogP contribution in [0.25, 0.3) is 0 Å². The van der Waals surface area contributed by atoms with E-state index in [1.165, 1.54) is 28.4 Å². The second-order valence-corrected chi connectivity index (χ2v) is 14.0. The van der Waals surface area contributed by atoms with Gasteiger partial charge >= 0.3 is 0 Å². The van der Waals surface area contributed by atoms with E-state index in [4.69, 9.17) is 16.3 Å². The average molecular weight is 588 g/mol.